The van der Waals surface area contributed by atoms with Gasteiger partial charge in [-0.1, -0.05) is 18.2 Å². The van der Waals surface area contributed by atoms with Gasteiger partial charge in [-0.15, -0.1) is 0 Å². The Morgan fingerprint density at radius 3 is 2.38 bits per heavy atom. The molecule has 0 aliphatic heterocycles. The molecule has 2 aromatic heterocycles. The fourth-order valence-electron chi connectivity index (χ4n) is 2.82. The van der Waals surface area contributed by atoms with Gasteiger partial charge in [0.15, 0.2) is 12.1 Å². The molecule has 32 heavy (non-hydrogen) atoms. The van der Waals surface area contributed by atoms with Gasteiger partial charge in [0, 0.05) is 23.5 Å². The number of aliphatic hydroxyl groups is 1. The van der Waals surface area contributed by atoms with Crippen LogP contribution in [0.2, 0.25) is 0 Å². The third-order valence-electron chi connectivity index (χ3n) is 4.62. The largest absolute Gasteiger partial charge is 0.483 e. The van der Waals surface area contributed by atoms with Crippen molar-refractivity contribution in [2.45, 2.75) is 24.8 Å². The average molecular weight is 461 g/mol. The summed E-state index contributed by atoms with van der Waals surface area (Å²) in [6.07, 6.45) is -6.84. The van der Waals surface area contributed by atoms with Gasteiger partial charge >= 0.3 is 12.4 Å². The first-order valence-corrected chi connectivity index (χ1v) is 9.11. The summed E-state index contributed by atoms with van der Waals surface area (Å²) in [6, 6.07) is 8.91. The molecule has 12 heteroatoms. The van der Waals surface area contributed by atoms with E-state index in [9.17, 15) is 31.1 Å². The molecule has 2 N–H and O–H groups in total. The molecular weight excluding hydrogens is 444 g/mol. The monoisotopic (exact) mass is 461 g/mol. The van der Waals surface area contributed by atoms with E-state index in [0.717, 1.165) is 0 Å². The van der Waals surface area contributed by atoms with Crippen LogP contribution in [-0.2, 0) is 0 Å². The minimum atomic E-state index is -4.92. The van der Waals surface area contributed by atoms with Crippen molar-refractivity contribution < 1.29 is 41.0 Å². The van der Waals surface area contributed by atoms with E-state index in [4.69, 9.17) is 9.84 Å². The fourth-order valence-corrected chi connectivity index (χ4v) is 2.82. The number of nitrogens with one attached hydrogen (secondary N) is 1. The van der Waals surface area contributed by atoms with E-state index in [-0.39, 0.29) is 22.7 Å². The minimum absolute atomic E-state index is 0.0862. The van der Waals surface area contributed by atoms with Crippen LogP contribution < -0.4 is 10.1 Å². The van der Waals surface area contributed by atoms with Crippen molar-refractivity contribution in [1.29, 1.82) is 0 Å². The number of halogens is 6. The normalized spacial score (nSPS) is 14.2. The molecule has 0 fully saturated rings. The van der Waals surface area contributed by atoms with E-state index in [1.54, 1.807) is 11.4 Å². The second-order valence-electron chi connectivity index (χ2n) is 7.12. The van der Waals surface area contributed by atoms with Crippen LogP contribution >= 0.6 is 0 Å². The van der Waals surface area contributed by atoms with Crippen LogP contribution in [0.1, 0.15) is 17.4 Å². The average Bonchev–Trinajstić information content (AvgIpc) is 3.15. The molecule has 1 atom stereocenters. The second kappa shape index (κ2) is 8.34. The van der Waals surface area contributed by atoms with Crippen LogP contribution in [0.4, 0.5) is 26.3 Å². The number of benzene rings is 1. The zero-order valence-corrected chi connectivity index (χ0v) is 16.5. The number of para-hydroxylation sites is 1. The first kappa shape index (κ1) is 23.4. The van der Waals surface area contributed by atoms with E-state index in [2.05, 4.69) is 4.98 Å². The SMILES string of the molecule is C[C@](CO)(NC(=O)c1cn2cccc(-c3ccccc3OCC(F)(F)F)c2n1)C(F)(F)F. The molecule has 3 aromatic rings. The summed E-state index contributed by atoms with van der Waals surface area (Å²) in [5.41, 5.74) is -2.62. The van der Waals surface area contributed by atoms with Crippen LogP contribution in [0, 0.1) is 0 Å². The van der Waals surface area contributed by atoms with Gasteiger partial charge in [0.2, 0.25) is 0 Å². The molecule has 0 aliphatic rings. The summed E-state index contributed by atoms with van der Waals surface area (Å²) < 4.78 is 83.5. The van der Waals surface area contributed by atoms with Gasteiger partial charge in [-0.2, -0.15) is 26.3 Å². The van der Waals surface area contributed by atoms with Gasteiger partial charge in [-0.3, -0.25) is 4.79 Å². The number of nitrogens with zero attached hydrogens (tertiary/aromatic N) is 2. The van der Waals surface area contributed by atoms with Gasteiger partial charge in [0.25, 0.3) is 5.91 Å². The number of hydrogen-bond acceptors (Lipinski definition) is 4. The van der Waals surface area contributed by atoms with Crippen molar-refractivity contribution in [3.05, 3.63) is 54.5 Å². The lowest BCUT2D eigenvalue weighted by Gasteiger charge is -2.30. The number of fused-ring (bicyclic) bond motifs is 1. The summed E-state index contributed by atoms with van der Waals surface area (Å²) in [5.74, 6) is -1.27. The molecular formula is C20H17F6N3O3. The number of rotatable bonds is 6. The number of carbonyl (C=O) groups is 1. The van der Waals surface area contributed by atoms with Crippen LogP contribution in [0.25, 0.3) is 16.8 Å². The summed E-state index contributed by atoms with van der Waals surface area (Å²) in [7, 11) is 0. The van der Waals surface area contributed by atoms with Crippen molar-refractivity contribution in [3.63, 3.8) is 0 Å². The minimum Gasteiger partial charge on any atom is -0.483 e. The predicted molar refractivity (Wildman–Crippen MR) is 101 cm³/mol. The Hall–Kier alpha value is -3.28. The molecule has 0 bridgehead atoms. The van der Waals surface area contributed by atoms with Gasteiger partial charge in [0.1, 0.15) is 17.1 Å². The molecule has 1 amide bonds. The first-order valence-electron chi connectivity index (χ1n) is 9.11. The molecule has 0 unspecified atom stereocenters. The Bertz CT molecular complexity index is 1130. The summed E-state index contributed by atoms with van der Waals surface area (Å²) in [5, 5.41) is 10.9. The van der Waals surface area contributed by atoms with Gasteiger partial charge in [0.05, 0.1) is 6.61 Å². The molecule has 0 spiro atoms. The number of pyridine rings is 1. The maximum Gasteiger partial charge on any atom is 0.422 e. The Labute approximate surface area is 177 Å². The molecule has 3 rings (SSSR count). The van der Waals surface area contributed by atoms with Crippen LogP contribution in [-0.4, -0.2) is 51.5 Å². The summed E-state index contributed by atoms with van der Waals surface area (Å²) >= 11 is 0. The molecule has 0 saturated heterocycles. The van der Waals surface area contributed by atoms with E-state index in [1.807, 2.05) is 0 Å². The number of aromatic nitrogens is 2. The molecule has 0 saturated carbocycles. The van der Waals surface area contributed by atoms with E-state index in [1.165, 1.54) is 47.1 Å². The molecule has 6 nitrogen and oxygen atoms in total. The highest BCUT2D eigenvalue weighted by Gasteiger charge is 2.52. The number of alkyl halides is 6. The second-order valence-corrected chi connectivity index (χ2v) is 7.12. The highest BCUT2D eigenvalue weighted by Crippen LogP contribution is 2.34. The first-order chi connectivity index (χ1) is 14.8. The van der Waals surface area contributed by atoms with Crippen LogP contribution in [0.5, 0.6) is 5.75 Å². The Kier molecular flexibility index (Phi) is 6.09. The lowest BCUT2D eigenvalue weighted by atomic mass is 10.0. The van der Waals surface area contributed by atoms with E-state index >= 15 is 0 Å². The van der Waals surface area contributed by atoms with Crippen molar-refractivity contribution >= 4 is 11.6 Å². The molecule has 172 valence electrons. The zero-order chi connectivity index (χ0) is 23.7. The summed E-state index contributed by atoms with van der Waals surface area (Å²) in [6.45, 7) is -2.28. The van der Waals surface area contributed by atoms with Crippen molar-refractivity contribution in [2.24, 2.45) is 0 Å². The molecule has 0 radical (unpaired) electrons. The van der Waals surface area contributed by atoms with Crippen LogP contribution in [0.3, 0.4) is 0 Å². The third-order valence-corrected chi connectivity index (χ3v) is 4.62. The zero-order valence-electron chi connectivity index (χ0n) is 16.5. The predicted octanol–water partition coefficient (Wildman–Crippen LogP) is 3.99. The molecule has 1 aromatic carbocycles. The Morgan fingerprint density at radius 2 is 1.75 bits per heavy atom. The maximum atomic E-state index is 13.2. The number of amides is 1. The van der Waals surface area contributed by atoms with Crippen molar-refractivity contribution in [1.82, 2.24) is 14.7 Å². The Balaban J connectivity index is 1.99. The topological polar surface area (TPSA) is 75.9 Å². The Morgan fingerprint density at radius 1 is 1.09 bits per heavy atom. The lowest BCUT2D eigenvalue weighted by molar-refractivity contribution is -0.197. The standard InChI is InChI=1S/C20H17F6N3O3/c1-18(10-30,20(24,25)26)28-17(31)14-9-29-8-4-6-13(16(29)27-14)12-5-2-3-7-15(12)32-11-19(21,22)23/h2-9,30H,10-11H2,1H3,(H,28,31)/t18-/m1/s1. The highest BCUT2D eigenvalue weighted by molar-refractivity contribution is 5.94. The summed E-state index contributed by atoms with van der Waals surface area (Å²) in [4.78, 5) is 16.5. The molecule has 0 aliphatic carbocycles. The third kappa shape index (κ3) is 4.79. The number of imidazole rings is 1. The van der Waals surface area contributed by atoms with Gasteiger partial charge in [-0.25, -0.2) is 4.98 Å². The van der Waals surface area contributed by atoms with Crippen molar-refractivity contribution in [3.8, 4) is 16.9 Å². The maximum absolute atomic E-state index is 13.2. The number of aliphatic hydroxyl groups excluding tert-OH is 1. The van der Waals surface area contributed by atoms with E-state index in [0.29, 0.717) is 12.5 Å². The lowest BCUT2D eigenvalue weighted by Crippen LogP contribution is -2.59. The molecule has 2 heterocycles. The van der Waals surface area contributed by atoms with Crippen molar-refractivity contribution in [2.75, 3.05) is 13.2 Å². The highest BCUT2D eigenvalue weighted by atomic mass is 19.4. The van der Waals surface area contributed by atoms with Gasteiger partial charge in [-0.05, 0) is 25.1 Å². The number of hydrogen-bond donors (Lipinski definition) is 2. The fraction of sp³-hybridized carbons (Fsp3) is 0.300. The van der Waals surface area contributed by atoms with E-state index < -0.39 is 37.0 Å². The van der Waals surface area contributed by atoms with Crippen LogP contribution in [0.15, 0.2) is 48.8 Å². The van der Waals surface area contributed by atoms with Gasteiger partial charge < -0.3 is 19.6 Å². The number of carbonyl (C=O) groups excluding carboxylic acids is 1. The smallest absolute Gasteiger partial charge is 0.422 e. The quantitative estimate of drug-likeness (QED) is 0.545. The number of ether oxygens (including phenoxy) is 1.